The van der Waals surface area contributed by atoms with E-state index in [0.29, 0.717) is 13.1 Å². The van der Waals surface area contributed by atoms with Crippen LogP contribution in [-0.2, 0) is 30.9 Å². The Morgan fingerprint density at radius 1 is 1.11 bits per heavy atom. The molecular formula is C25H34N4O5S. The van der Waals surface area contributed by atoms with Crippen LogP contribution in [0.1, 0.15) is 31.9 Å². The average molecular weight is 503 g/mol. The summed E-state index contributed by atoms with van der Waals surface area (Å²) in [6, 6.07) is 13.5. The molecule has 3 N–H and O–H groups in total. The molecule has 2 atom stereocenters. The topological polar surface area (TPSA) is 117 Å². The molecule has 1 heterocycles. The zero-order valence-corrected chi connectivity index (χ0v) is 21.4. The number of rotatable bonds is 8. The molecular weight excluding hydrogens is 468 g/mol. The Labute approximate surface area is 207 Å². The smallest absolute Gasteiger partial charge is 0.343 e. The lowest BCUT2D eigenvalue weighted by molar-refractivity contribution is -0.208. The number of carbonyl (C=O) groups excluding carboxylic acids is 2. The highest BCUT2D eigenvalue weighted by Crippen LogP contribution is 2.15. The molecule has 2 aromatic rings. The number of benzene rings is 2. The summed E-state index contributed by atoms with van der Waals surface area (Å²) in [5.41, 5.74) is 1.23. The van der Waals surface area contributed by atoms with Crippen LogP contribution in [-0.4, -0.2) is 62.6 Å². The molecule has 1 saturated heterocycles. The van der Waals surface area contributed by atoms with E-state index in [1.54, 1.807) is 12.1 Å². The van der Waals surface area contributed by atoms with Gasteiger partial charge in [0.1, 0.15) is 12.1 Å². The number of carbonyl (C=O) groups is 2. The summed E-state index contributed by atoms with van der Waals surface area (Å²) in [6.07, 6.45) is 0.0930. The number of nitrogens with zero attached hydrogens (tertiary/aromatic N) is 1. The first-order valence-corrected chi connectivity index (χ1v) is 13.1. The van der Waals surface area contributed by atoms with Crippen molar-refractivity contribution in [2.45, 2.75) is 56.6 Å². The second kappa shape index (κ2) is 11.3. The molecule has 1 fully saturated rings. The van der Waals surface area contributed by atoms with Gasteiger partial charge in [0.05, 0.1) is 4.90 Å². The lowest BCUT2D eigenvalue weighted by atomic mass is 10.1. The number of hydroxylamine groups is 2. The molecule has 1 aliphatic rings. The molecule has 1 amide bonds. The van der Waals surface area contributed by atoms with Crippen LogP contribution in [0, 0.1) is 6.92 Å². The zero-order chi connectivity index (χ0) is 25.6. The van der Waals surface area contributed by atoms with E-state index in [2.05, 4.69) is 15.4 Å². The van der Waals surface area contributed by atoms with Gasteiger partial charge in [0, 0.05) is 25.2 Å². The molecule has 9 nitrogen and oxygen atoms in total. The largest absolute Gasteiger partial charge is 0.365 e. The Hall–Kier alpha value is -2.79. The van der Waals surface area contributed by atoms with E-state index in [-0.39, 0.29) is 23.8 Å². The fraction of sp³-hybridized carbons (Fsp3) is 0.440. The van der Waals surface area contributed by atoms with Crippen molar-refractivity contribution in [2.75, 3.05) is 19.6 Å². The molecule has 10 heteroatoms. The van der Waals surface area contributed by atoms with Gasteiger partial charge in [0.2, 0.25) is 15.9 Å². The highest BCUT2D eigenvalue weighted by molar-refractivity contribution is 7.89. The van der Waals surface area contributed by atoms with Crippen molar-refractivity contribution in [3.05, 3.63) is 65.7 Å². The van der Waals surface area contributed by atoms with Crippen molar-refractivity contribution in [1.29, 1.82) is 0 Å². The summed E-state index contributed by atoms with van der Waals surface area (Å²) in [6.45, 7) is 8.57. The predicted octanol–water partition coefficient (Wildman–Crippen LogP) is 1.53. The molecule has 0 saturated carbocycles. The fourth-order valence-corrected chi connectivity index (χ4v) is 4.83. The first-order valence-electron chi connectivity index (χ1n) is 11.6. The van der Waals surface area contributed by atoms with E-state index in [1.165, 1.54) is 17.2 Å². The minimum Gasteiger partial charge on any atom is -0.365 e. The van der Waals surface area contributed by atoms with E-state index in [9.17, 15) is 18.0 Å². The van der Waals surface area contributed by atoms with Gasteiger partial charge in [-0.25, -0.2) is 13.2 Å². The third-order valence-corrected chi connectivity index (χ3v) is 6.89. The van der Waals surface area contributed by atoms with Crippen LogP contribution in [0.3, 0.4) is 0 Å². The number of aryl methyl sites for hydroxylation is 1. The normalized spacial score (nSPS) is 18.0. The molecule has 0 unspecified atom stereocenters. The van der Waals surface area contributed by atoms with E-state index < -0.39 is 33.6 Å². The maximum absolute atomic E-state index is 13.3. The summed E-state index contributed by atoms with van der Waals surface area (Å²) < 4.78 is 28.6. The maximum Gasteiger partial charge on any atom is 0.343 e. The molecule has 0 radical (unpaired) electrons. The van der Waals surface area contributed by atoms with Gasteiger partial charge in [-0.15, -0.1) is 5.06 Å². The van der Waals surface area contributed by atoms with Gasteiger partial charge in [0.25, 0.3) is 0 Å². The Morgan fingerprint density at radius 3 is 2.40 bits per heavy atom. The van der Waals surface area contributed by atoms with Crippen molar-refractivity contribution < 1.29 is 22.8 Å². The third kappa shape index (κ3) is 7.86. The van der Waals surface area contributed by atoms with Crippen LogP contribution in [0.5, 0.6) is 0 Å². The van der Waals surface area contributed by atoms with Crippen molar-refractivity contribution >= 4 is 21.9 Å². The number of nitrogens with one attached hydrogen (secondary N) is 3. The average Bonchev–Trinajstić information content (AvgIpc) is 2.78. The van der Waals surface area contributed by atoms with Crippen molar-refractivity contribution in [3.8, 4) is 0 Å². The number of hydrogen-bond acceptors (Lipinski definition) is 7. The van der Waals surface area contributed by atoms with Crippen LogP contribution in [0.25, 0.3) is 0 Å². The first-order chi connectivity index (χ1) is 16.4. The summed E-state index contributed by atoms with van der Waals surface area (Å²) >= 11 is 0. The van der Waals surface area contributed by atoms with E-state index in [0.717, 1.165) is 11.1 Å². The van der Waals surface area contributed by atoms with Crippen molar-refractivity contribution in [3.63, 3.8) is 0 Å². The fourth-order valence-electron chi connectivity index (χ4n) is 3.65. The molecule has 0 bridgehead atoms. The Kier molecular flexibility index (Phi) is 8.65. The van der Waals surface area contributed by atoms with Crippen LogP contribution < -0.4 is 15.4 Å². The van der Waals surface area contributed by atoms with Crippen LogP contribution >= 0.6 is 0 Å². The highest BCUT2D eigenvalue weighted by Gasteiger charge is 2.36. The number of hydrogen-bond donors (Lipinski definition) is 3. The molecule has 2 aromatic carbocycles. The number of sulfonamides is 1. The molecule has 3 rings (SSSR count). The van der Waals surface area contributed by atoms with Gasteiger partial charge in [0.15, 0.2) is 0 Å². The van der Waals surface area contributed by atoms with E-state index in [1.807, 2.05) is 58.0 Å². The van der Waals surface area contributed by atoms with Gasteiger partial charge < -0.3 is 15.5 Å². The van der Waals surface area contributed by atoms with Crippen LogP contribution in [0.2, 0.25) is 0 Å². The highest BCUT2D eigenvalue weighted by atomic mass is 32.2. The van der Waals surface area contributed by atoms with Gasteiger partial charge >= 0.3 is 5.97 Å². The number of amides is 1. The molecule has 0 spiro atoms. The maximum atomic E-state index is 13.3. The van der Waals surface area contributed by atoms with E-state index in [4.69, 9.17) is 4.84 Å². The SMILES string of the molecule is Cc1ccc(S(=O)(=O)N[C@@H](Cc2ccccc2)C(=O)ON2CCNC[C@H]2C(=O)NC(C)(C)C)cc1. The standard InChI is InChI=1S/C25H34N4O5S/c1-18-10-12-20(13-11-18)35(32,33)28-21(16-19-8-6-5-7-9-19)24(31)34-29-15-14-26-17-22(29)23(30)27-25(2,3)4/h5-13,21-22,26,28H,14-17H2,1-4H3,(H,27,30)/t21-,22-/m0/s1. The first kappa shape index (κ1) is 26.8. The monoisotopic (exact) mass is 502 g/mol. The molecule has 190 valence electrons. The van der Waals surface area contributed by atoms with Crippen LogP contribution in [0.4, 0.5) is 0 Å². The van der Waals surface area contributed by atoms with Crippen LogP contribution in [0.15, 0.2) is 59.5 Å². The Bertz CT molecular complexity index is 1110. The Morgan fingerprint density at radius 2 is 1.77 bits per heavy atom. The summed E-state index contributed by atoms with van der Waals surface area (Å²) in [4.78, 5) is 31.8. The van der Waals surface area contributed by atoms with Crippen molar-refractivity contribution in [1.82, 2.24) is 20.4 Å². The minimum atomic E-state index is -4.00. The lowest BCUT2D eigenvalue weighted by Gasteiger charge is -2.35. The van der Waals surface area contributed by atoms with Gasteiger partial charge in [-0.05, 0) is 51.8 Å². The molecule has 1 aliphatic heterocycles. The van der Waals surface area contributed by atoms with E-state index >= 15 is 0 Å². The Balaban J connectivity index is 1.81. The zero-order valence-electron chi connectivity index (χ0n) is 20.6. The predicted molar refractivity (Wildman–Crippen MR) is 133 cm³/mol. The summed E-state index contributed by atoms with van der Waals surface area (Å²) in [5.74, 6) is -1.06. The number of piperazine rings is 1. The summed E-state index contributed by atoms with van der Waals surface area (Å²) in [7, 11) is -4.00. The minimum absolute atomic E-state index is 0.0542. The lowest BCUT2D eigenvalue weighted by Crippen LogP contribution is -2.61. The van der Waals surface area contributed by atoms with Crippen molar-refractivity contribution in [2.24, 2.45) is 0 Å². The molecule has 0 aliphatic carbocycles. The molecule has 35 heavy (non-hydrogen) atoms. The molecule has 0 aromatic heterocycles. The third-order valence-electron chi connectivity index (χ3n) is 5.40. The van der Waals surface area contributed by atoms with Gasteiger partial charge in [-0.2, -0.15) is 4.72 Å². The quantitative estimate of drug-likeness (QED) is 0.501. The van der Waals surface area contributed by atoms with Gasteiger partial charge in [-0.3, -0.25) is 4.79 Å². The van der Waals surface area contributed by atoms with Gasteiger partial charge in [-0.1, -0.05) is 48.0 Å². The second-order valence-electron chi connectivity index (χ2n) is 9.69. The summed E-state index contributed by atoms with van der Waals surface area (Å²) in [5, 5.41) is 7.37. The second-order valence-corrected chi connectivity index (χ2v) is 11.4.